The SMILES string of the molecule is C/C(=N\NC(=O)c1ccccn1)c1c(O)c2ccccc2n(-c2ccccc2)c1=O. The van der Waals surface area contributed by atoms with E-state index < -0.39 is 11.5 Å². The van der Waals surface area contributed by atoms with E-state index in [0.29, 0.717) is 16.6 Å². The molecule has 0 saturated heterocycles. The normalized spacial score (nSPS) is 11.4. The Kier molecular flexibility index (Phi) is 5.09. The van der Waals surface area contributed by atoms with Gasteiger partial charge in [-0.2, -0.15) is 5.10 Å². The standard InChI is InChI=1S/C23H18N4O3/c1-15(25-26-22(29)18-12-7-8-14-24-18)20-21(28)17-11-5-6-13-19(17)27(23(20)30)16-9-3-2-4-10-16/h2-14,28H,1H3,(H,26,29)/b25-15+. The Balaban J connectivity index is 1.85. The summed E-state index contributed by atoms with van der Waals surface area (Å²) in [4.78, 5) is 29.5. The van der Waals surface area contributed by atoms with Gasteiger partial charge in [0.2, 0.25) is 0 Å². The van der Waals surface area contributed by atoms with Crippen LogP contribution in [0.15, 0.2) is 88.9 Å². The van der Waals surface area contributed by atoms with E-state index in [1.807, 2.05) is 30.3 Å². The Morgan fingerprint density at radius 1 is 1.00 bits per heavy atom. The Labute approximate surface area is 172 Å². The molecule has 4 aromatic rings. The maximum atomic E-state index is 13.4. The summed E-state index contributed by atoms with van der Waals surface area (Å²) >= 11 is 0. The van der Waals surface area contributed by atoms with Crippen LogP contribution >= 0.6 is 0 Å². The van der Waals surface area contributed by atoms with E-state index in [9.17, 15) is 14.7 Å². The van der Waals surface area contributed by atoms with Gasteiger partial charge in [0, 0.05) is 17.3 Å². The van der Waals surface area contributed by atoms with Crippen LogP contribution in [-0.2, 0) is 0 Å². The van der Waals surface area contributed by atoms with Gasteiger partial charge in [-0.15, -0.1) is 0 Å². The highest BCUT2D eigenvalue weighted by atomic mass is 16.3. The van der Waals surface area contributed by atoms with Crippen molar-refractivity contribution in [2.75, 3.05) is 0 Å². The lowest BCUT2D eigenvalue weighted by molar-refractivity contribution is 0.0950. The van der Waals surface area contributed by atoms with Crippen LogP contribution in [0.4, 0.5) is 0 Å². The van der Waals surface area contributed by atoms with Crippen molar-refractivity contribution in [2.45, 2.75) is 6.92 Å². The summed E-state index contributed by atoms with van der Waals surface area (Å²) in [5.41, 5.74) is 3.56. The number of carbonyl (C=O) groups excluding carboxylic acids is 1. The molecule has 0 aliphatic carbocycles. The molecule has 0 fully saturated rings. The smallest absolute Gasteiger partial charge is 0.289 e. The molecule has 7 heteroatoms. The van der Waals surface area contributed by atoms with Gasteiger partial charge in [-0.25, -0.2) is 5.43 Å². The molecule has 0 aliphatic rings. The molecule has 0 aliphatic heterocycles. The molecular formula is C23H18N4O3. The number of aromatic nitrogens is 2. The first-order chi connectivity index (χ1) is 14.6. The molecule has 7 nitrogen and oxygen atoms in total. The van der Waals surface area contributed by atoms with Gasteiger partial charge in [-0.3, -0.25) is 19.1 Å². The average molecular weight is 398 g/mol. The minimum Gasteiger partial charge on any atom is -0.506 e. The predicted octanol–water partition coefficient (Wildman–Crippen LogP) is 3.25. The van der Waals surface area contributed by atoms with Crippen LogP contribution in [0.3, 0.4) is 0 Å². The van der Waals surface area contributed by atoms with Gasteiger partial charge in [0.1, 0.15) is 17.0 Å². The number of hydrogen-bond acceptors (Lipinski definition) is 5. The van der Waals surface area contributed by atoms with E-state index in [1.165, 1.54) is 10.8 Å². The van der Waals surface area contributed by atoms with E-state index in [-0.39, 0.29) is 22.7 Å². The van der Waals surface area contributed by atoms with Gasteiger partial charge >= 0.3 is 0 Å². The highest BCUT2D eigenvalue weighted by Crippen LogP contribution is 2.28. The number of hydrazone groups is 1. The zero-order valence-corrected chi connectivity index (χ0v) is 16.1. The number of carbonyl (C=O) groups is 1. The summed E-state index contributed by atoms with van der Waals surface area (Å²) in [5, 5.41) is 15.4. The molecule has 0 unspecified atom stereocenters. The summed E-state index contributed by atoms with van der Waals surface area (Å²) in [7, 11) is 0. The number of para-hydroxylation sites is 2. The summed E-state index contributed by atoms with van der Waals surface area (Å²) in [6, 6.07) is 21.2. The monoisotopic (exact) mass is 398 g/mol. The van der Waals surface area contributed by atoms with Crippen molar-refractivity contribution < 1.29 is 9.90 Å². The maximum Gasteiger partial charge on any atom is 0.289 e. The van der Waals surface area contributed by atoms with Crippen LogP contribution in [0.2, 0.25) is 0 Å². The first-order valence-electron chi connectivity index (χ1n) is 9.26. The van der Waals surface area contributed by atoms with Crippen molar-refractivity contribution in [3.8, 4) is 11.4 Å². The summed E-state index contributed by atoms with van der Waals surface area (Å²) < 4.78 is 1.52. The van der Waals surface area contributed by atoms with E-state index in [1.54, 1.807) is 49.4 Å². The van der Waals surface area contributed by atoms with E-state index in [0.717, 1.165) is 0 Å². The number of amides is 1. The van der Waals surface area contributed by atoms with Crippen LogP contribution in [0.25, 0.3) is 16.6 Å². The minimum atomic E-state index is -0.515. The van der Waals surface area contributed by atoms with Crippen LogP contribution in [0.1, 0.15) is 23.0 Å². The highest BCUT2D eigenvalue weighted by molar-refractivity contribution is 6.06. The largest absolute Gasteiger partial charge is 0.506 e. The Bertz CT molecular complexity index is 1310. The van der Waals surface area contributed by atoms with Crippen LogP contribution in [-0.4, -0.2) is 26.3 Å². The third-order valence-corrected chi connectivity index (χ3v) is 4.65. The molecular weight excluding hydrogens is 380 g/mol. The fourth-order valence-electron chi connectivity index (χ4n) is 3.23. The quantitative estimate of drug-likeness (QED) is 0.407. The van der Waals surface area contributed by atoms with Crippen molar-refractivity contribution >= 4 is 22.5 Å². The van der Waals surface area contributed by atoms with E-state index >= 15 is 0 Å². The highest BCUT2D eigenvalue weighted by Gasteiger charge is 2.19. The van der Waals surface area contributed by atoms with Gasteiger partial charge in [0.15, 0.2) is 0 Å². The second-order valence-electron chi connectivity index (χ2n) is 6.57. The van der Waals surface area contributed by atoms with Gasteiger partial charge < -0.3 is 5.11 Å². The van der Waals surface area contributed by atoms with Crippen molar-refractivity contribution in [3.63, 3.8) is 0 Å². The number of fused-ring (bicyclic) bond motifs is 1. The lowest BCUT2D eigenvalue weighted by Crippen LogP contribution is -2.27. The first-order valence-corrected chi connectivity index (χ1v) is 9.26. The number of aromatic hydroxyl groups is 1. The summed E-state index contributed by atoms with van der Waals surface area (Å²) in [5.74, 6) is -0.699. The maximum absolute atomic E-state index is 13.4. The van der Waals surface area contributed by atoms with Crippen molar-refractivity contribution in [1.29, 1.82) is 0 Å². The zero-order valence-electron chi connectivity index (χ0n) is 16.1. The number of pyridine rings is 2. The molecule has 0 bridgehead atoms. The molecule has 0 spiro atoms. The van der Waals surface area contributed by atoms with Crippen molar-refractivity contribution in [3.05, 3.63) is 101 Å². The Hall–Kier alpha value is -4.26. The zero-order chi connectivity index (χ0) is 21.1. The van der Waals surface area contributed by atoms with Gasteiger partial charge in [-0.05, 0) is 43.3 Å². The van der Waals surface area contributed by atoms with Gasteiger partial charge in [-0.1, -0.05) is 36.4 Å². The summed E-state index contributed by atoms with van der Waals surface area (Å²) in [6.45, 7) is 1.55. The average Bonchev–Trinajstić information content (AvgIpc) is 2.79. The third kappa shape index (κ3) is 3.44. The molecule has 30 heavy (non-hydrogen) atoms. The number of rotatable bonds is 4. The first kappa shape index (κ1) is 19.1. The molecule has 4 rings (SSSR count). The fraction of sp³-hybridized carbons (Fsp3) is 0.0435. The Morgan fingerprint density at radius 3 is 2.43 bits per heavy atom. The molecule has 1 amide bonds. The molecule has 2 heterocycles. The second kappa shape index (κ2) is 8.00. The molecule has 0 saturated carbocycles. The van der Waals surface area contributed by atoms with Crippen molar-refractivity contribution in [2.24, 2.45) is 5.10 Å². The summed E-state index contributed by atoms with van der Waals surface area (Å²) in [6.07, 6.45) is 1.50. The van der Waals surface area contributed by atoms with Gasteiger partial charge in [0.25, 0.3) is 11.5 Å². The minimum absolute atomic E-state index is 0.0128. The predicted molar refractivity (Wildman–Crippen MR) is 115 cm³/mol. The lowest BCUT2D eigenvalue weighted by atomic mass is 10.1. The van der Waals surface area contributed by atoms with Crippen LogP contribution in [0, 0.1) is 0 Å². The van der Waals surface area contributed by atoms with Gasteiger partial charge in [0.05, 0.1) is 11.2 Å². The molecule has 0 atom stereocenters. The topological polar surface area (TPSA) is 96.6 Å². The van der Waals surface area contributed by atoms with E-state index in [2.05, 4.69) is 15.5 Å². The molecule has 2 aromatic carbocycles. The van der Waals surface area contributed by atoms with Crippen LogP contribution in [0.5, 0.6) is 5.75 Å². The lowest BCUT2D eigenvalue weighted by Gasteiger charge is -2.15. The fourth-order valence-corrected chi connectivity index (χ4v) is 3.23. The molecule has 2 N–H and O–H groups in total. The molecule has 0 radical (unpaired) electrons. The molecule has 2 aromatic heterocycles. The van der Waals surface area contributed by atoms with Crippen molar-refractivity contribution in [1.82, 2.24) is 15.0 Å². The third-order valence-electron chi connectivity index (χ3n) is 4.65. The number of nitrogens with zero attached hydrogens (tertiary/aromatic N) is 3. The second-order valence-corrected chi connectivity index (χ2v) is 6.57. The van der Waals surface area contributed by atoms with Crippen LogP contribution < -0.4 is 11.0 Å². The number of hydrogen-bond donors (Lipinski definition) is 2. The molecule has 148 valence electrons. The number of benzene rings is 2. The van der Waals surface area contributed by atoms with E-state index in [4.69, 9.17) is 0 Å². The number of nitrogens with one attached hydrogen (secondary N) is 1. The Morgan fingerprint density at radius 2 is 1.70 bits per heavy atom.